The summed E-state index contributed by atoms with van der Waals surface area (Å²) in [4.78, 5) is 12.2. The van der Waals surface area contributed by atoms with E-state index in [1.54, 1.807) is 0 Å². The molecule has 0 unspecified atom stereocenters. The molecule has 4 atom stereocenters. The summed E-state index contributed by atoms with van der Waals surface area (Å²) < 4.78 is 12.3. The summed E-state index contributed by atoms with van der Waals surface area (Å²) in [6.07, 6.45) is -0.382. The minimum Gasteiger partial charge on any atom is -0.459 e. The highest BCUT2D eigenvalue weighted by molar-refractivity contribution is 6.74. The average molecular weight is 335 g/mol. The summed E-state index contributed by atoms with van der Waals surface area (Å²) in [7, 11) is -1.96. The van der Waals surface area contributed by atoms with Crippen LogP contribution >= 0.6 is 0 Å². The van der Waals surface area contributed by atoms with E-state index in [1.807, 2.05) is 25.1 Å². The van der Waals surface area contributed by atoms with Crippen LogP contribution in [0.5, 0.6) is 0 Å². The second kappa shape index (κ2) is 6.40. The molecular weight excluding hydrogens is 304 g/mol. The van der Waals surface area contributed by atoms with Gasteiger partial charge in [0, 0.05) is 5.92 Å². The zero-order valence-electron chi connectivity index (χ0n) is 15.4. The number of hydrogen-bond donors (Lipinski definition) is 0. The van der Waals surface area contributed by atoms with Gasteiger partial charge in [0.2, 0.25) is 0 Å². The van der Waals surface area contributed by atoms with Gasteiger partial charge in [-0.2, -0.15) is 0 Å². The smallest absolute Gasteiger partial charge is 0.311 e. The van der Waals surface area contributed by atoms with Gasteiger partial charge in [-0.1, -0.05) is 58.0 Å². The fraction of sp³-hybridized carbons (Fsp3) is 0.632. The standard InChI is InChI=1S/C19H30O3Si/c1-13(15-11-9-8-10-12-15)16-17(14(2)18(20)21-16)22-23(6,7)19(3,4)5/h8-14,16-17H,1-7H3/t13-,14-,16-,17-/m0/s1. The van der Waals surface area contributed by atoms with Gasteiger partial charge in [-0.15, -0.1) is 0 Å². The molecule has 128 valence electrons. The molecule has 23 heavy (non-hydrogen) atoms. The first-order valence-electron chi connectivity index (χ1n) is 8.48. The van der Waals surface area contributed by atoms with Crippen molar-refractivity contribution in [3.63, 3.8) is 0 Å². The molecule has 4 heteroatoms. The number of benzene rings is 1. The summed E-state index contributed by atoms with van der Waals surface area (Å²) in [5.41, 5.74) is 1.18. The van der Waals surface area contributed by atoms with E-state index in [0.29, 0.717) is 0 Å². The van der Waals surface area contributed by atoms with Gasteiger partial charge in [0.1, 0.15) is 6.10 Å². The Hall–Kier alpha value is -1.13. The maximum atomic E-state index is 12.2. The SMILES string of the molecule is C[C@@H]1C(=O)O[C@@H]([C@@H](C)c2ccccc2)[C@H]1O[Si](C)(C)C(C)(C)C. The fourth-order valence-corrected chi connectivity index (χ4v) is 4.12. The van der Waals surface area contributed by atoms with Crippen molar-refractivity contribution in [1.29, 1.82) is 0 Å². The molecule has 0 bridgehead atoms. The van der Waals surface area contributed by atoms with Crippen molar-refractivity contribution in [3.05, 3.63) is 35.9 Å². The first kappa shape index (κ1) is 18.2. The lowest BCUT2D eigenvalue weighted by Gasteiger charge is -2.40. The predicted molar refractivity (Wildman–Crippen MR) is 96.0 cm³/mol. The second-order valence-electron chi connectivity index (χ2n) is 8.23. The van der Waals surface area contributed by atoms with Crippen LogP contribution in [0.4, 0.5) is 0 Å². The number of rotatable bonds is 4. The first-order chi connectivity index (χ1) is 10.5. The molecule has 0 aliphatic carbocycles. The molecule has 1 aliphatic heterocycles. The Bertz CT molecular complexity index is 547. The van der Waals surface area contributed by atoms with Crippen LogP contribution in [0.2, 0.25) is 18.1 Å². The lowest BCUT2D eigenvalue weighted by atomic mass is 9.89. The van der Waals surface area contributed by atoms with Gasteiger partial charge in [0.15, 0.2) is 8.32 Å². The maximum Gasteiger partial charge on any atom is 0.311 e. The van der Waals surface area contributed by atoms with Gasteiger partial charge in [-0.05, 0) is 30.6 Å². The monoisotopic (exact) mass is 334 g/mol. The van der Waals surface area contributed by atoms with Crippen LogP contribution in [0.1, 0.15) is 46.1 Å². The fourth-order valence-electron chi connectivity index (χ4n) is 2.75. The number of hydrogen-bond acceptors (Lipinski definition) is 3. The molecule has 0 N–H and O–H groups in total. The number of carbonyl (C=O) groups excluding carboxylic acids is 1. The summed E-state index contributed by atoms with van der Waals surface area (Å²) in [5, 5.41) is 0.110. The molecule has 1 heterocycles. The molecule has 1 aromatic carbocycles. The molecule has 1 aliphatic rings. The van der Waals surface area contributed by atoms with Gasteiger partial charge in [-0.3, -0.25) is 4.79 Å². The Morgan fingerprint density at radius 1 is 1.17 bits per heavy atom. The Kier molecular flexibility index (Phi) is 5.07. The third kappa shape index (κ3) is 3.69. The van der Waals surface area contributed by atoms with E-state index in [0.717, 1.165) is 0 Å². The Morgan fingerprint density at radius 2 is 1.74 bits per heavy atom. The van der Waals surface area contributed by atoms with Crippen LogP contribution in [0.3, 0.4) is 0 Å². The quantitative estimate of drug-likeness (QED) is 0.589. The third-order valence-electron chi connectivity index (χ3n) is 5.50. The average Bonchev–Trinajstić information content (AvgIpc) is 2.74. The first-order valence-corrected chi connectivity index (χ1v) is 11.4. The van der Waals surface area contributed by atoms with Gasteiger partial charge in [-0.25, -0.2) is 0 Å². The Balaban J connectivity index is 2.26. The van der Waals surface area contributed by atoms with Crippen LogP contribution in [0.25, 0.3) is 0 Å². The van der Waals surface area contributed by atoms with E-state index in [9.17, 15) is 4.79 Å². The van der Waals surface area contributed by atoms with Gasteiger partial charge < -0.3 is 9.16 Å². The van der Waals surface area contributed by atoms with Crippen molar-refractivity contribution in [1.82, 2.24) is 0 Å². The van der Waals surface area contributed by atoms with E-state index < -0.39 is 8.32 Å². The van der Waals surface area contributed by atoms with Gasteiger partial charge in [0.25, 0.3) is 0 Å². The lowest BCUT2D eigenvalue weighted by molar-refractivity contribution is -0.144. The number of cyclic esters (lactones) is 1. The molecule has 1 saturated heterocycles. The summed E-state index contributed by atoms with van der Waals surface area (Å²) in [5.74, 6) is -0.221. The number of ether oxygens (including phenoxy) is 1. The van der Waals surface area contributed by atoms with Crippen LogP contribution in [-0.2, 0) is 14.0 Å². The minimum atomic E-state index is -1.96. The molecule has 0 amide bonds. The van der Waals surface area contributed by atoms with Gasteiger partial charge in [0.05, 0.1) is 12.0 Å². The minimum absolute atomic E-state index is 0.110. The molecule has 0 radical (unpaired) electrons. The van der Waals surface area contributed by atoms with Crippen molar-refractivity contribution >= 4 is 14.3 Å². The third-order valence-corrected chi connectivity index (χ3v) is 9.97. The Morgan fingerprint density at radius 3 is 2.26 bits per heavy atom. The second-order valence-corrected chi connectivity index (χ2v) is 13.0. The summed E-state index contributed by atoms with van der Waals surface area (Å²) in [6.45, 7) is 15.2. The molecule has 1 aromatic rings. The van der Waals surface area contributed by atoms with Crippen molar-refractivity contribution in [2.75, 3.05) is 0 Å². The molecule has 0 spiro atoms. The lowest BCUT2D eigenvalue weighted by Crippen LogP contribution is -2.48. The van der Waals surface area contributed by atoms with E-state index in [1.165, 1.54) is 5.56 Å². The van der Waals surface area contributed by atoms with Crippen LogP contribution in [0.15, 0.2) is 30.3 Å². The molecule has 3 nitrogen and oxygen atoms in total. The van der Waals surface area contributed by atoms with Crippen molar-refractivity contribution in [2.24, 2.45) is 5.92 Å². The Labute approximate surface area is 141 Å². The van der Waals surface area contributed by atoms with E-state index in [-0.39, 0.29) is 35.1 Å². The summed E-state index contributed by atoms with van der Waals surface area (Å²) >= 11 is 0. The molecule has 0 aromatic heterocycles. The highest BCUT2D eigenvalue weighted by atomic mass is 28.4. The van der Waals surface area contributed by atoms with Crippen LogP contribution in [-0.4, -0.2) is 26.5 Å². The van der Waals surface area contributed by atoms with E-state index in [4.69, 9.17) is 9.16 Å². The molecule has 2 rings (SSSR count). The molecule has 1 fully saturated rings. The number of carbonyl (C=O) groups is 1. The normalized spacial score (nSPS) is 26.9. The highest BCUT2D eigenvalue weighted by Gasteiger charge is 2.50. The van der Waals surface area contributed by atoms with Crippen LogP contribution < -0.4 is 0 Å². The molecule has 0 saturated carbocycles. The maximum absolute atomic E-state index is 12.2. The zero-order chi connectivity index (χ0) is 17.4. The van der Waals surface area contributed by atoms with Crippen molar-refractivity contribution in [2.45, 2.75) is 70.9 Å². The predicted octanol–water partition coefficient (Wildman–Crippen LogP) is 4.74. The van der Waals surface area contributed by atoms with E-state index >= 15 is 0 Å². The zero-order valence-corrected chi connectivity index (χ0v) is 16.4. The largest absolute Gasteiger partial charge is 0.459 e. The van der Waals surface area contributed by atoms with Crippen molar-refractivity contribution < 1.29 is 14.0 Å². The van der Waals surface area contributed by atoms with Gasteiger partial charge >= 0.3 is 5.97 Å². The summed E-state index contributed by atoms with van der Waals surface area (Å²) in [6, 6.07) is 10.2. The van der Waals surface area contributed by atoms with Crippen molar-refractivity contribution in [3.8, 4) is 0 Å². The number of esters is 1. The topological polar surface area (TPSA) is 35.5 Å². The van der Waals surface area contributed by atoms with E-state index in [2.05, 4.69) is 52.9 Å². The van der Waals surface area contributed by atoms with Crippen LogP contribution in [0, 0.1) is 5.92 Å². The molecular formula is C19H30O3Si. The highest BCUT2D eigenvalue weighted by Crippen LogP contribution is 2.42.